The molecule has 0 aromatic heterocycles. The number of nitrogens with zero attached hydrogens (tertiary/aromatic N) is 1. The largest absolute Gasteiger partial charge is 0.464 e. The van der Waals surface area contributed by atoms with Gasteiger partial charge >= 0.3 is 6.09 Å². The summed E-state index contributed by atoms with van der Waals surface area (Å²) in [6.45, 7) is 0. The van der Waals surface area contributed by atoms with Gasteiger partial charge in [-0.15, -0.1) is 0 Å². The van der Waals surface area contributed by atoms with Crippen LogP contribution < -0.4 is 0 Å². The Morgan fingerprint density at radius 3 is 2.92 bits per heavy atom. The Hall–Kier alpha value is -1.65. The van der Waals surface area contributed by atoms with Gasteiger partial charge in [-0.1, -0.05) is 6.08 Å². The molecular formula is C7H6FNO3. The lowest BCUT2D eigenvalue weighted by Gasteiger charge is -2.05. The zero-order valence-electron chi connectivity index (χ0n) is 6.03. The van der Waals surface area contributed by atoms with Crippen LogP contribution in [0.3, 0.4) is 0 Å². The highest BCUT2D eigenvalue weighted by molar-refractivity contribution is 5.95. The number of carboxylic acid groups (broad SMARTS) is 1. The maximum atomic E-state index is 12.6. The van der Waals surface area contributed by atoms with Gasteiger partial charge in [0.05, 0.1) is 6.20 Å². The summed E-state index contributed by atoms with van der Waals surface area (Å²) in [7, 11) is 0. The van der Waals surface area contributed by atoms with E-state index in [1.54, 1.807) is 0 Å². The minimum absolute atomic E-state index is 0.105. The van der Waals surface area contributed by atoms with E-state index in [0.717, 1.165) is 6.20 Å². The Labute approximate surface area is 67.6 Å². The number of hydrogen-bond donors (Lipinski definition) is 1. The number of Topliss-reactive ketones (excluding diaryl/α,β-unsaturated/α-hetero) is 1. The summed E-state index contributed by atoms with van der Waals surface area (Å²) in [6, 6.07) is 0. The summed E-state index contributed by atoms with van der Waals surface area (Å²) >= 11 is 0. The highest BCUT2D eigenvalue weighted by Crippen LogP contribution is 2.10. The second kappa shape index (κ2) is 3.17. The monoisotopic (exact) mass is 171 g/mol. The molecule has 0 atom stereocenters. The summed E-state index contributed by atoms with van der Waals surface area (Å²) in [6.07, 6.45) is 1.64. The molecule has 1 heterocycles. The Morgan fingerprint density at radius 2 is 2.33 bits per heavy atom. The van der Waals surface area contributed by atoms with Crippen LogP contribution in [-0.2, 0) is 4.79 Å². The predicted molar refractivity (Wildman–Crippen MR) is 37.8 cm³/mol. The number of ketones is 1. The fourth-order valence-electron chi connectivity index (χ4n) is 0.727. The molecule has 1 rings (SSSR count). The number of carbonyl (C=O) groups excluding carboxylic acids is 1. The van der Waals surface area contributed by atoms with Crippen LogP contribution in [0.4, 0.5) is 9.18 Å². The third kappa shape index (κ3) is 1.69. The van der Waals surface area contributed by atoms with Gasteiger partial charge < -0.3 is 5.11 Å². The molecule has 0 unspecified atom stereocenters. The molecule has 1 aliphatic heterocycles. The van der Waals surface area contributed by atoms with Gasteiger partial charge in [0, 0.05) is 12.6 Å². The molecule has 0 radical (unpaired) electrons. The molecule has 5 heteroatoms. The summed E-state index contributed by atoms with van der Waals surface area (Å²) in [5, 5.41) is 8.42. The molecule has 1 amide bonds. The van der Waals surface area contributed by atoms with Crippen molar-refractivity contribution >= 4 is 11.9 Å². The standard InChI is InChI=1S/C7H6FNO3/c8-5-4-9(7(11)12)3-1-2-6(5)10/h1,3-4H,2H2,(H,11,12). The van der Waals surface area contributed by atoms with E-state index in [9.17, 15) is 14.0 Å². The van der Waals surface area contributed by atoms with Crippen molar-refractivity contribution in [3.05, 3.63) is 24.3 Å². The van der Waals surface area contributed by atoms with Crippen LogP contribution in [-0.4, -0.2) is 21.9 Å². The minimum atomic E-state index is -1.32. The van der Waals surface area contributed by atoms with Crippen LogP contribution in [0.2, 0.25) is 0 Å². The van der Waals surface area contributed by atoms with Crippen molar-refractivity contribution < 1.29 is 19.1 Å². The van der Waals surface area contributed by atoms with Gasteiger partial charge in [-0.3, -0.25) is 9.69 Å². The Bertz CT molecular complexity index is 282. The SMILES string of the molecule is O=C1CC=CN(C(=O)O)C=C1F. The van der Waals surface area contributed by atoms with E-state index in [4.69, 9.17) is 5.11 Å². The topological polar surface area (TPSA) is 57.6 Å². The zero-order chi connectivity index (χ0) is 9.14. The zero-order valence-corrected chi connectivity index (χ0v) is 6.03. The maximum absolute atomic E-state index is 12.6. The van der Waals surface area contributed by atoms with E-state index < -0.39 is 17.7 Å². The molecule has 1 aliphatic rings. The molecule has 0 fully saturated rings. The van der Waals surface area contributed by atoms with Crippen molar-refractivity contribution in [3.8, 4) is 0 Å². The van der Waals surface area contributed by atoms with Gasteiger partial charge in [0.1, 0.15) is 0 Å². The summed E-state index contributed by atoms with van der Waals surface area (Å²) < 4.78 is 12.6. The fourth-order valence-corrected chi connectivity index (χ4v) is 0.727. The Balaban J connectivity index is 2.92. The number of allylic oxidation sites excluding steroid dienone is 2. The molecule has 64 valence electrons. The molecule has 0 bridgehead atoms. The molecular weight excluding hydrogens is 165 g/mol. The first-order chi connectivity index (χ1) is 5.61. The van der Waals surface area contributed by atoms with Gasteiger partial charge in [0.15, 0.2) is 11.6 Å². The van der Waals surface area contributed by atoms with Crippen molar-refractivity contribution in [1.82, 2.24) is 4.90 Å². The minimum Gasteiger partial charge on any atom is -0.464 e. The first kappa shape index (κ1) is 8.45. The second-order valence-electron chi connectivity index (χ2n) is 2.18. The summed E-state index contributed by atoms with van der Waals surface area (Å²) in [5.74, 6) is -1.75. The van der Waals surface area contributed by atoms with Crippen LogP contribution in [0, 0.1) is 0 Å². The average molecular weight is 171 g/mol. The van der Waals surface area contributed by atoms with Crippen molar-refractivity contribution in [2.24, 2.45) is 0 Å². The third-order valence-corrected chi connectivity index (χ3v) is 1.31. The van der Waals surface area contributed by atoms with Gasteiger partial charge in [-0.2, -0.15) is 0 Å². The van der Waals surface area contributed by atoms with E-state index in [0.29, 0.717) is 11.1 Å². The Kier molecular flexibility index (Phi) is 2.23. The molecule has 0 aliphatic carbocycles. The van der Waals surface area contributed by atoms with Crippen LogP contribution >= 0.6 is 0 Å². The lowest BCUT2D eigenvalue weighted by molar-refractivity contribution is -0.116. The van der Waals surface area contributed by atoms with E-state index in [1.807, 2.05) is 0 Å². The average Bonchev–Trinajstić information content (AvgIpc) is 2.15. The summed E-state index contributed by atoms with van der Waals surface area (Å²) in [5.41, 5.74) is 0. The normalized spacial score (nSPS) is 17.2. The molecule has 0 saturated carbocycles. The van der Waals surface area contributed by atoms with E-state index in [-0.39, 0.29) is 6.42 Å². The maximum Gasteiger partial charge on any atom is 0.415 e. The first-order valence-corrected chi connectivity index (χ1v) is 3.19. The van der Waals surface area contributed by atoms with Gasteiger partial charge in [-0.05, 0) is 0 Å². The van der Waals surface area contributed by atoms with Crippen molar-refractivity contribution in [2.75, 3.05) is 0 Å². The Morgan fingerprint density at radius 1 is 1.67 bits per heavy atom. The van der Waals surface area contributed by atoms with Gasteiger partial charge in [-0.25, -0.2) is 9.18 Å². The molecule has 1 N–H and O–H groups in total. The molecule has 12 heavy (non-hydrogen) atoms. The lowest BCUT2D eigenvalue weighted by atomic mass is 10.3. The number of carbonyl (C=O) groups is 2. The van der Waals surface area contributed by atoms with Crippen LogP contribution in [0.5, 0.6) is 0 Å². The van der Waals surface area contributed by atoms with Crippen LogP contribution in [0.1, 0.15) is 6.42 Å². The lowest BCUT2D eigenvalue weighted by Crippen LogP contribution is -2.17. The quantitative estimate of drug-likeness (QED) is 0.596. The molecule has 0 saturated heterocycles. The van der Waals surface area contributed by atoms with Crippen molar-refractivity contribution in [1.29, 1.82) is 0 Å². The van der Waals surface area contributed by atoms with Crippen molar-refractivity contribution in [2.45, 2.75) is 6.42 Å². The van der Waals surface area contributed by atoms with E-state index in [1.165, 1.54) is 6.08 Å². The smallest absolute Gasteiger partial charge is 0.415 e. The first-order valence-electron chi connectivity index (χ1n) is 3.19. The molecule has 0 aromatic rings. The number of amides is 1. The summed E-state index contributed by atoms with van der Waals surface area (Å²) in [4.78, 5) is 21.6. The molecule has 4 nitrogen and oxygen atoms in total. The third-order valence-electron chi connectivity index (χ3n) is 1.31. The second-order valence-corrected chi connectivity index (χ2v) is 2.18. The van der Waals surface area contributed by atoms with E-state index in [2.05, 4.69) is 0 Å². The van der Waals surface area contributed by atoms with Crippen molar-refractivity contribution in [3.63, 3.8) is 0 Å². The molecule has 0 spiro atoms. The number of hydrogen-bond acceptors (Lipinski definition) is 2. The number of halogens is 1. The highest BCUT2D eigenvalue weighted by atomic mass is 19.1. The van der Waals surface area contributed by atoms with Gasteiger partial charge in [0.25, 0.3) is 0 Å². The van der Waals surface area contributed by atoms with Crippen LogP contribution in [0.15, 0.2) is 24.3 Å². The van der Waals surface area contributed by atoms with E-state index >= 15 is 0 Å². The number of rotatable bonds is 0. The van der Waals surface area contributed by atoms with Gasteiger partial charge in [0.2, 0.25) is 0 Å². The highest BCUT2D eigenvalue weighted by Gasteiger charge is 2.15. The molecule has 0 aromatic carbocycles. The van der Waals surface area contributed by atoms with Crippen LogP contribution in [0.25, 0.3) is 0 Å². The fraction of sp³-hybridized carbons (Fsp3) is 0.143. The predicted octanol–water partition coefficient (Wildman–Crippen LogP) is 1.26.